The molecule has 10 heteroatoms. The number of carbonyl (C=O) groups excluding carboxylic acids is 3. The van der Waals surface area contributed by atoms with Crippen LogP contribution in [0.15, 0.2) is 59.8 Å². The minimum atomic E-state index is -4.65. The van der Waals surface area contributed by atoms with Crippen LogP contribution in [0.25, 0.3) is 0 Å². The zero-order chi connectivity index (χ0) is 31.6. The third-order valence-corrected chi connectivity index (χ3v) is 9.30. The molecular formula is C34H37F3N4O3. The number of hydrogen-bond acceptors (Lipinski definition) is 5. The third kappa shape index (κ3) is 6.29. The number of rotatable bonds is 5. The highest BCUT2D eigenvalue weighted by Gasteiger charge is 2.49. The largest absolute Gasteiger partial charge is 0.416 e. The standard InChI is InChI=1S/C34H37F3N4O3/c1-22-29(23(2)42)30(25-14-12-24(21-38)13-15-25)31(33(44)41(22)28-11-7-8-26(20-28)34(35,36)37)32(43)40-18-16-39(17-19-40)27-9-5-3-4-6-10-27/h7-8,11-15,20,27,30-31H,3-6,9-10,16-19H2,1-2H3. The summed E-state index contributed by atoms with van der Waals surface area (Å²) in [4.78, 5) is 47.2. The number of benzene rings is 2. The Morgan fingerprint density at radius 2 is 1.57 bits per heavy atom. The smallest absolute Gasteiger partial charge is 0.339 e. The number of nitrogens with zero attached hydrogens (tertiary/aromatic N) is 4. The van der Waals surface area contributed by atoms with Crippen molar-refractivity contribution >= 4 is 23.3 Å². The lowest BCUT2D eigenvalue weighted by Crippen LogP contribution is -2.57. The Morgan fingerprint density at radius 1 is 0.932 bits per heavy atom. The minimum absolute atomic E-state index is 0.0599. The van der Waals surface area contributed by atoms with E-state index in [0.29, 0.717) is 43.3 Å². The lowest BCUT2D eigenvalue weighted by atomic mass is 9.73. The van der Waals surface area contributed by atoms with E-state index >= 15 is 0 Å². The van der Waals surface area contributed by atoms with Gasteiger partial charge in [0, 0.05) is 55.1 Å². The summed E-state index contributed by atoms with van der Waals surface area (Å²) in [7, 11) is 0. The molecule has 0 N–H and O–H groups in total. The van der Waals surface area contributed by atoms with Gasteiger partial charge in [-0.2, -0.15) is 18.4 Å². The molecule has 7 nitrogen and oxygen atoms in total. The van der Waals surface area contributed by atoms with E-state index in [4.69, 9.17) is 0 Å². The number of allylic oxidation sites excluding steroid dienone is 2. The van der Waals surface area contributed by atoms with E-state index in [-0.39, 0.29) is 17.0 Å². The number of hydrogen-bond donors (Lipinski definition) is 0. The van der Waals surface area contributed by atoms with E-state index in [1.54, 1.807) is 29.2 Å². The van der Waals surface area contributed by atoms with Crippen LogP contribution in [0, 0.1) is 17.2 Å². The van der Waals surface area contributed by atoms with Crippen LogP contribution in [-0.4, -0.2) is 59.6 Å². The molecule has 0 aromatic heterocycles. The average Bonchev–Trinajstić information content (AvgIpc) is 3.30. The summed E-state index contributed by atoms with van der Waals surface area (Å²) >= 11 is 0. The fourth-order valence-corrected chi connectivity index (χ4v) is 7.07. The maximum atomic E-state index is 14.4. The summed E-state index contributed by atoms with van der Waals surface area (Å²) in [5.41, 5.74) is 0.257. The first-order valence-electron chi connectivity index (χ1n) is 15.3. The van der Waals surface area contributed by atoms with E-state index in [2.05, 4.69) is 4.90 Å². The average molecular weight is 607 g/mol. The maximum Gasteiger partial charge on any atom is 0.416 e. The molecule has 2 aromatic rings. The number of Topliss-reactive ketones (excluding diaryl/α,β-unsaturated/α-hetero) is 1. The third-order valence-electron chi connectivity index (χ3n) is 9.30. The number of carbonyl (C=O) groups is 3. The Bertz CT molecular complexity index is 1480. The van der Waals surface area contributed by atoms with E-state index in [1.807, 2.05) is 6.07 Å². The zero-order valence-electron chi connectivity index (χ0n) is 25.1. The lowest BCUT2D eigenvalue weighted by Gasteiger charge is -2.43. The molecule has 2 amide bonds. The van der Waals surface area contributed by atoms with Crippen molar-refractivity contribution in [2.45, 2.75) is 70.5 Å². The topological polar surface area (TPSA) is 84.7 Å². The van der Waals surface area contributed by atoms with Gasteiger partial charge in [-0.3, -0.25) is 24.2 Å². The van der Waals surface area contributed by atoms with Crippen LogP contribution in [-0.2, 0) is 20.6 Å². The quantitative estimate of drug-likeness (QED) is 0.306. The number of amides is 2. The highest BCUT2D eigenvalue weighted by Crippen LogP contribution is 2.44. The molecule has 1 saturated carbocycles. The molecule has 2 unspecified atom stereocenters. The van der Waals surface area contributed by atoms with Gasteiger partial charge in [0.2, 0.25) is 11.8 Å². The number of ketones is 1. The predicted molar refractivity (Wildman–Crippen MR) is 159 cm³/mol. The van der Waals surface area contributed by atoms with Gasteiger partial charge in [0.1, 0.15) is 5.92 Å². The van der Waals surface area contributed by atoms with E-state index in [0.717, 1.165) is 29.9 Å². The molecule has 44 heavy (non-hydrogen) atoms. The van der Waals surface area contributed by atoms with Gasteiger partial charge >= 0.3 is 6.18 Å². The molecule has 5 rings (SSSR count). The lowest BCUT2D eigenvalue weighted by molar-refractivity contribution is -0.144. The molecule has 2 atom stereocenters. The molecule has 3 aliphatic rings. The SMILES string of the molecule is CC(=O)C1=C(C)N(c2cccc(C(F)(F)F)c2)C(=O)C(C(=O)N2CCN(C3CCCCCC3)CC2)C1c1ccc(C#N)cc1. The predicted octanol–water partition coefficient (Wildman–Crippen LogP) is 6.05. The second-order valence-electron chi connectivity index (χ2n) is 12.0. The maximum absolute atomic E-state index is 14.4. The van der Waals surface area contributed by atoms with E-state index in [9.17, 15) is 32.8 Å². The van der Waals surface area contributed by atoms with E-state index in [1.165, 1.54) is 51.7 Å². The van der Waals surface area contributed by atoms with Crippen LogP contribution in [0.4, 0.5) is 18.9 Å². The van der Waals surface area contributed by atoms with E-state index < -0.39 is 41.2 Å². The first-order valence-corrected chi connectivity index (χ1v) is 15.3. The van der Waals surface area contributed by atoms with Gasteiger partial charge in [-0.1, -0.05) is 43.9 Å². The van der Waals surface area contributed by atoms with Crippen molar-refractivity contribution in [1.82, 2.24) is 9.80 Å². The van der Waals surface area contributed by atoms with Crippen LogP contribution in [0.1, 0.15) is 75.0 Å². The molecule has 0 spiro atoms. The molecule has 0 bridgehead atoms. The first-order chi connectivity index (χ1) is 21.0. The van der Waals surface area contributed by atoms with Crippen LogP contribution >= 0.6 is 0 Å². The van der Waals surface area contributed by atoms with Crippen LogP contribution in [0.2, 0.25) is 0 Å². The molecule has 1 aliphatic carbocycles. The highest BCUT2D eigenvalue weighted by molar-refractivity contribution is 6.15. The van der Waals surface area contributed by atoms with Gasteiger partial charge in [-0.05, 0) is 62.6 Å². The first kappa shape index (κ1) is 31.5. The van der Waals surface area contributed by atoms with Crippen molar-refractivity contribution in [3.63, 3.8) is 0 Å². The van der Waals surface area contributed by atoms with Crippen LogP contribution in [0.5, 0.6) is 0 Å². The number of nitriles is 1. The van der Waals surface area contributed by atoms with Gasteiger partial charge < -0.3 is 4.90 Å². The fraction of sp³-hybridized carbons (Fsp3) is 0.471. The molecule has 2 fully saturated rings. The number of piperazine rings is 1. The summed E-state index contributed by atoms with van der Waals surface area (Å²) in [5, 5.41) is 9.33. The molecular weight excluding hydrogens is 569 g/mol. The molecule has 232 valence electrons. The number of anilines is 1. The summed E-state index contributed by atoms with van der Waals surface area (Å²) < 4.78 is 41.0. The Kier molecular flexibility index (Phi) is 9.26. The number of halogens is 3. The van der Waals surface area contributed by atoms with Crippen molar-refractivity contribution in [3.05, 3.63) is 76.5 Å². The Balaban J connectivity index is 1.54. The van der Waals surface area contributed by atoms with Crippen molar-refractivity contribution < 1.29 is 27.6 Å². The summed E-state index contributed by atoms with van der Waals surface area (Å²) in [6.45, 7) is 5.04. The fourth-order valence-electron chi connectivity index (χ4n) is 7.07. The molecule has 1 saturated heterocycles. The van der Waals surface area contributed by atoms with Gasteiger partial charge in [0.25, 0.3) is 0 Å². The van der Waals surface area contributed by atoms with Gasteiger partial charge in [-0.15, -0.1) is 0 Å². The Hall–Kier alpha value is -3.97. The van der Waals surface area contributed by atoms with Gasteiger partial charge in [-0.25, -0.2) is 0 Å². The molecule has 2 heterocycles. The second kappa shape index (κ2) is 12.9. The van der Waals surface area contributed by atoms with Gasteiger partial charge in [0.05, 0.1) is 17.2 Å². The van der Waals surface area contributed by atoms with Crippen LogP contribution in [0.3, 0.4) is 0 Å². The molecule has 2 aromatic carbocycles. The Labute approximate surface area is 255 Å². The summed E-state index contributed by atoms with van der Waals surface area (Å²) in [6, 6.07) is 13.3. The second-order valence-corrected chi connectivity index (χ2v) is 12.0. The van der Waals surface area contributed by atoms with Crippen molar-refractivity contribution in [2.75, 3.05) is 31.1 Å². The summed E-state index contributed by atoms with van der Waals surface area (Å²) in [5.74, 6) is -3.85. The molecule has 2 aliphatic heterocycles. The normalized spacial score (nSPS) is 22.5. The van der Waals surface area contributed by atoms with Gasteiger partial charge in [0.15, 0.2) is 5.78 Å². The highest BCUT2D eigenvalue weighted by atomic mass is 19.4. The van der Waals surface area contributed by atoms with Crippen LogP contribution < -0.4 is 4.90 Å². The van der Waals surface area contributed by atoms with Crippen molar-refractivity contribution in [2.24, 2.45) is 5.92 Å². The summed E-state index contributed by atoms with van der Waals surface area (Å²) in [6.07, 6.45) is 2.48. The Morgan fingerprint density at radius 3 is 2.14 bits per heavy atom. The minimum Gasteiger partial charge on any atom is -0.339 e. The van der Waals surface area contributed by atoms with Crippen molar-refractivity contribution in [1.29, 1.82) is 5.26 Å². The zero-order valence-corrected chi connectivity index (χ0v) is 25.1. The van der Waals surface area contributed by atoms with Crippen molar-refractivity contribution in [3.8, 4) is 6.07 Å². The number of alkyl halides is 3. The molecule has 0 radical (unpaired) electrons. The monoisotopic (exact) mass is 606 g/mol.